The predicted octanol–water partition coefficient (Wildman–Crippen LogP) is 3.48. The van der Waals surface area contributed by atoms with Crippen LogP contribution in [0.1, 0.15) is 45.4 Å². The first-order valence-electron chi connectivity index (χ1n) is 7.86. The summed E-state index contributed by atoms with van der Waals surface area (Å²) >= 11 is 0. The number of nitrogens with zero attached hydrogens (tertiary/aromatic N) is 1. The number of carbonyl (C=O) groups excluding carboxylic acids is 1. The van der Waals surface area contributed by atoms with Crippen LogP contribution in [0.4, 0.5) is 10.1 Å². The molecule has 0 heterocycles. The molecule has 0 atom stereocenters. The van der Waals surface area contributed by atoms with E-state index < -0.39 is 0 Å². The van der Waals surface area contributed by atoms with Crippen molar-refractivity contribution < 1.29 is 9.18 Å². The Kier molecular flexibility index (Phi) is 5.34. The van der Waals surface area contributed by atoms with Crippen molar-refractivity contribution in [1.29, 1.82) is 0 Å². The number of halogens is 1. The predicted molar refractivity (Wildman–Crippen MR) is 83.6 cm³/mol. The highest BCUT2D eigenvalue weighted by atomic mass is 19.1. The topological polar surface area (TPSA) is 46.3 Å². The van der Waals surface area contributed by atoms with Gasteiger partial charge in [-0.05, 0) is 49.9 Å². The van der Waals surface area contributed by atoms with Crippen LogP contribution >= 0.6 is 0 Å². The van der Waals surface area contributed by atoms with Crippen molar-refractivity contribution in [3.05, 3.63) is 30.1 Å². The number of carbonyl (C=O) groups is 1. The first-order chi connectivity index (χ1) is 10.1. The van der Waals surface area contributed by atoms with Crippen LogP contribution in [0.25, 0.3) is 0 Å². The summed E-state index contributed by atoms with van der Waals surface area (Å²) in [5, 5.41) is 0. The zero-order valence-corrected chi connectivity index (χ0v) is 12.8. The van der Waals surface area contributed by atoms with Crippen molar-refractivity contribution in [1.82, 2.24) is 0 Å². The van der Waals surface area contributed by atoms with E-state index in [2.05, 4.69) is 0 Å². The lowest BCUT2D eigenvalue weighted by molar-refractivity contribution is -0.121. The summed E-state index contributed by atoms with van der Waals surface area (Å²) in [5.41, 5.74) is 6.53. The van der Waals surface area contributed by atoms with E-state index in [1.807, 2.05) is 6.92 Å². The highest BCUT2D eigenvalue weighted by molar-refractivity contribution is 5.93. The van der Waals surface area contributed by atoms with Gasteiger partial charge in [0.1, 0.15) is 5.82 Å². The van der Waals surface area contributed by atoms with E-state index >= 15 is 0 Å². The number of anilines is 1. The monoisotopic (exact) mass is 292 g/mol. The fourth-order valence-corrected chi connectivity index (χ4v) is 3.32. The van der Waals surface area contributed by atoms with Gasteiger partial charge in [0, 0.05) is 18.7 Å². The first-order valence-corrected chi connectivity index (χ1v) is 7.86. The van der Waals surface area contributed by atoms with Crippen LogP contribution in [0.15, 0.2) is 24.3 Å². The minimum absolute atomic E-state index is 0.0513. The van der Waals surface area contributed by atoms with Crippen LogP contribution < -0.4 is 10.6 Å². The maximum Gasteiger partial charge on any atom is 0.227 e. The third kappa shape index (κ3) is 3.82. The fourth-order valence-electron chi connectivity index (χ4n) is 3.32. The molecule has 0 unspecified atom stereocenters. The minimum atomic E-state index is -0.315. The second-order valence-corrected chi connectivity index (χ2v) is 6.06. The van der Waals surface area contributed by atoms with E-state index in [-0.39, 0.29) is 17.1 Å². The number of hydrogen-bond acceptors (Lipinski definition) is 2. The first kappa shape index (κ1) is 16.0. The zero-order valence-electron chi connectivity index (χ0n) is 12.8. The van der Waals surface area contributed by atoms with Crippen molar-refractivity contribution in [2.75, 3.05) is 18.0 Å². The molecule has 0 spiro atoms. The zero-order chi connectivity index (χ0) is 15.3. The Morgan fingerprint density at radius 1 is 1.33 bits per heavy atom. The quantitative estimate of drug-likeness (QED) is 0.903. The smallest absolute Gasteiger partial charge is 0.227 e. The molecule has 1 aromatic rings. The second kappa shape index (κ2) is 7.03. The van der Waals surface area contributed by atoms with E-state index in [1.165, 1.54) is 18.6 Å². The standard InChI is InChI=1S/C17H25FN2O/c1-2-20(15-8-6-7-14(18)11-15)16(21)12-17(13-19)9-4-3-5-10-17/h6-8,11H,2-5,9-10,12-13,19H2,1H3. The van der Waals surface area contributed by atoms with Gasteiger partial charge in [-0.25, -0.2) is 4.39 Å². The largest absolute Gasteiger partial charge is 0.330 e. The molecule has 0 aliphatic heterocycles. The van der Waals surface area contributed by atoms with E-state index in [0.29, 0.717) is 25.2 Å². The molecule has 0 aromatic heterocycles. The summed E-state index contributed by atoms with van der Waals surface area (Å²) in [6, 6.07) is 6.22. The number of rotatable bonds is 5. The van der Waals surface area contributed by atoms with Gasteiger partial charge in [-0.15, -0.1) is 0 Å². The SMILES string of the molecule is CCN(C(=O)CC1(CN)CCCCC1)c1cccc(F)c1. The van der Waals surface area contributed by atoms with Crippen molar-refractivity contribution >= 4 is 11.6 Å². The lowest BCUT2D eigenvalue weighted by Gasteiger charge is -2.37. The Hall–Kier alpha value is -1.42. The maximum atomic E-state index is 13.4. The normalized spacial score (nSPS) is 17.5. The second-order valence-electron chi connectivity index (χ2n) is 6.06. The third-order valence-electron chi connectivity index (χ3n) is 4.61. The van der Waals surface area contributed by atoms with Crippen LogP contribution in [0.5, 0.6) is 0 Å². The van der Waals surface area contributed by atoms with Gasteiger partial charge in [-0.3, -0.25) is 4.79 Å². The molecule has 0 bridgehead atoms. The molecule has 4 heteroatoms. The Morgan fingerprint density at radius 3 is 2.62 bits per heavy atom. The van der Waals surface area contributed by atoms with Gasteiger partial charge in [0.2, 0.25) is 5.91 Å². The van der Waals surface area contributed by atoms with E-state index in [9.17, 15) is 9.18 Å². The number of amides is 1. The highest BCUT2D eigenvalue weighted by Crippen LogP contribution is 2.39. The summed E-state index contributed by atoms with van der Waals surface area (Å²) in [7, 11) is 0. The molecule has 1 saturated carbocycles. The van der Waals surface area contributed by atoms with Gasteiger partial charge in [0.15, 0.2) is 0 Å². The molecular weight excluding hydrogens is 267 g/mol. The molecule has 3 nitrogen and oxygen atoms in total. The molecule has 0 radical (unpaired) electrons. The minimum Gasteiger partial charge on any atom is -0.330 e. The third-order valence-corrected chi connectivity index (χ3v) is 4.61. The van der Waals surface area contributed by atoms with Crippen molar-refractivity contribution in [2.24, 2.45) is 11.1 Å². The van der Waals surface area contributed by atoms with Crippen LogP contribution in [0.2, 0.25) is 0 Å². The molecule has 116 valence electrons. The van der Waals surface area contributed by atoms with Crippen LogP contribution in [0.3, 0.4) is 0 Å². The van der Waals surface area contributed by atoms with E-state index in [0.717, 1.165) is 25.7 Å². The molecule has 2 N–H and O–H groups in total. The van der Waals surface area contributed by atoms with Gasteiger partial charge in [0.05, 0.1) is 0 Å². The van der Waals surface area contributed by atoms with E-state index in [1.54, 1.807) is 17.0 Å². The Bertz CT molecular complexity index is 483. The van der Waals surface area contributed by atoms with Gasteiger partial charge in [-0.1, -0.05) is 25.3 Å². The number of nitrogens with two attached hydrogens (primary N) is 1. The molecule has 2 rings (SSSR count). The van der Waals surface area contributed by atoms with Gasteiger partial charge in [-0.2, -0.15) is 0 Å². The maximum absolute atomic E-state index is 13.4. The van der Waals surface area contributed by atoms with Crippen LogP contribution in [-0.2, 0) is 4.79 Å². The Morgan fingerprint density at radius 2 is 2.05 bits per heavy atom. The average Bonchev–Trinajstić information content (AvgIpc) is 2.49. The van der Waals surface area contributed by atoms with Crippen LogP contribution in [-0.4, -0.2) is 19.0 Å². The van der Waals surface area contributed by atoms with Crippen LogP contribution in [0, 0.1) is 11.2 Å². The molecule has 21 heavy (non-hydrogen) atoms. The van der Waals surface area contributed by atoms with E-state index in [4.69, 9.17) is 5.73 Å². The van der Waals surface area contributed by atoms with Gasteiger partial charge < -0.3 is 10.6 Å². The van der Waals surface area contributed by atoms with Crippen molar-refractivity contribution in [2.45, 2.75) is 45.4 Å². The summed E-state index contributed by atoms with van der Waals surface area (Å²) in [6.07, 6.45) is 6.05. The molecule has 1 fully saturated rings. The van der Waals surface area contributed by atoms with Crippen molar-refractivity contribution in [3.63, 3.8) is 0 Å². The summed E-state index contributed by atoms with van der Waals surface area (Å²) in [6.45, 7) is 3.02. The molecule has 1 aliphatic rings. The molecule has 1 aromatic carbocycles. The average molecular weight is 292 g/mol. The summed E-state index contributed by atoms with van der Waals surface area (Å²) in [5.74, 6) is -0.264. The summed E-state index contributed by atoms with van der Waals surface area (Å²) < 4.78 is 13.4. The molecule has 1 aliphatic carbocycles. The Labute approximate surface area is 126 Å². The van der Waals surface area contributed by atoms with Gasteiger partial charge >= 0.3 is 0 Å². The van der Waals surface area contributed by atoms with Crippen molar-refractivity contribution in [3.8, 4) is 0 Å². The number of hydrogen-bond donors (Lipinski definition) is 1. The molecule has 1 amide bonds. The lowest BCUT2D eigenvalue weighted by Crippen LogP contribution is -2.40. The van der Waals surface area contributed by atoms with Gasteiger partial charge in [0.25, 0.3) is 0 Å². The highest BCUT2D eigenvalue weighted by Gasteiger charge is 2.34. The summed E-state index contributed by atoms with van der Waals surface area (Å²) in [4.78, 5) is 14.3. The molecular formula is C17H25FN2O. The lowest BCUT2D eigenvalue weighted by atomic mass is 9.71. The number of benzene rings is 1. The Balaban J connectivity index is 2.12. The fraction of sp³-hybridized carbons (Fsp3) is 0.588. The molecule has 0 saturated heterocycles.